The predicted octanol–water partition coefficient (Wildman–Crippen LogP) is 2.85. The highest BCUT2D eigenvalue weighted by atomic mass is 35.5. The average molecular weight is 284 g/mol. The third-order valence-electron chi connectivity index (χ3n) is 3.22. The summed E-state index contributed by atoms with van der Waals surface area (Å²) in [5.41, 5.74) is 0.951. The summed E-state index contributed by atoms with van der Waals surface area (Å²) < 4.78 is 0. The van der Waals surface area contributed by atoms with Crippen molar-refractivity contribution in [3.8, 4) is 6.07 Å². The number of hydrogen-bond acceptors (Lipinski definition) is 3. The lowest BCUT2D eigenvalue weighted by atomic mass is 10.0. The Morgan fingerprint density at radius 3 is 2.72 bits per heavy atom. The Balaban J connectivity index is 2.28. The Hall–Kier alpha value is -0.790. The molecular weight excluding hydrogens is 269 g/mol. The largest absolute Gasteiger partial charge is 0.314 e. The molecule has 1 aliphatic heterocycles. The molecule has 1 saturated heterocycles. The first-order chi connectivity index (χ1) is 8.74. The van der Waals surface area contributed by atoms with Gasteiger partial charge in [-0.05, 0) is 11.6 Å². The van der Waals surface area contributed by atoms with Crippen LogP contribution in [0.1, 0.15) is 18.0 Å². The van der Waals surface area contributed by atoms with Crippen LogP contribution in [-0.2, 0) is 0 Å². The van der Waals surface area contributed by atoms with Gasteiger partial charge in [0.2, 0.25) is 0 Å². The number of nitrogens with one attached hydrogen (secondary N) is 1. The third kappa shape index (κ3) is 2.96. The number of rotatable bonds is 3. The molecule has 18 heavy (non-hydrogen) atoms. The van der Waals surface area contributed by atoms with Crippen molar-refractivity contribution in [1.82, 2.24) is 10.2 Å². The van der Waals surface area contributed by atoms with Crippen molar-refractivity contribution in [3.05, 3.63) is 33.8 Å². The minimum Gasteiger partial charge on any atom is -0.314 e. The SMILES string of the molecule is N#CC[C@@H](c1cccc(Cl)c1Cl)N1CCNCC1. The Bertz CT molecular complexity index is 450. The highest BCUT2D eigenvalue weighted by molar-refractivity contribution is 6.42. The van der Waals surface area contributed by atoms with Crippen LogP contribution in [0.2, 0.25) is 10.0 Å². The molecule has 0 spiro atoms. The molecule has 1 atom stereocenters. The topological polar surface area (TPSA) is 39.1 Å². The first-order valence-corrected chi connectivity index (χ1v) is 6.75. The maximum atomic E-state index is 9.02. The zero-order valence-electron chi connectivity index (χ0n) is 10.00. The van der Waals surface area contributed by atoms with E-state index in [1.165, 1.54) is 0 Å². The van der Waals surface area contributed by atoms with Crippen LogP contribution in [-0.4, -0.2) is 31.1 Å². The van der Waals surface area contributed by atoms with Gasteiger partial charge >= 0.3 is 0 Å². The fourth-order valence-corrected chi connectivity index (χ4v) is 2.73. The molecular formula is C13H15Cl2N3. The molecule has 3 nitrogen and oxygen atoms in total. The quantitative estimate of drug-likeness (QED) is 0.927. The molecule has 0 aliphatic carbocycles. The maximum absolute atomic E-state index is 9.02. The van der Waals surface area contributed by atoms with E-state index in [9.17, 15) is 0 Å². The van der Waals surface area contributed by atoms with Gasteiger partial charge in [-0.15, -0.1) is 0 Å². The van der Waals surface area contributed by atoms with Crippen LogP contribution in [0, 0.1) is 11.3 Å². The Morgan fingerprint density at radius 1 is 1.33 bits per heavy atom. The molecule has 0 radical (unpaired) electrons. The van der Waals surface area contributed by atoms with Crippen LogP contribution in [0.25, 0.3) is 0 Å². The van der Waals surface area contributed by atoms with Gasteiger partial charge in [0.05, 0.1) is 22.5 Å². The van der Waals surface area contributed by atoms with Gasteiger partial charge in [0.25, 0.3) is 0 Å². The molecule has 0 amide bonds. The Labute approximate surface area is 117 Å². The molecule has 2 rings (SSSR count). The second-order valence-corrected chi connectivity index (χ2v) is 5.09. The number of piperazine rings is 1. The van der Waals surface area contributed by atoms with E-state index in [2.05, 4.69) is 16.3 Å². The van der Waals surface area contributed by atoms with Gasteiger partial charge in [-0.3, -0.25) is 4.90 Å². The lowest BCUT2D eigenvalue weighted by Crippen LogP contribution is -2.45. The Morgan fingerprint density at radius 2 is 2.06 bits per heavy atom. The molecule has 0 saturated carbocycles. The van der Waals surface area contributed by atoms with Gasteiger partial charge in [-0.2, -0.15) is 5.26 Å². The summed E-state index contributed by atoms with van der Waals surface area (Å²) in [6, 6.07) is 7.89. The van der Waals surface area contributed by atoms with Crippen molar-refractivity contribution in [3.63, 3.8) is 0 Å². The van der Waals surface area contributed by atoms with Crippen molar-refractivity contribution in [2.45, 2.75) is 12.5 Å². The van der Waals surface area contributed by atoms with Crippen molar-refractivity contribution >= 4 is 23.2 Å². The summed E-state index contributed by atoms with van der Waals surface area (Å²) in [7, 11) is 0. The van der Waals surface area contributed by atoms with E-state index in [0.29, 0.717) is 16.5 Å². The van der Waals surface area contributed by atoms with Gasteiger partial charge in [-0.25, -0.2) is 0 Å². The van der Waals surface area contributed by atoms with Gasteiger partial charge in [-0.1, -0.05) is 35.3 Å². The van der Waals surface area contributed by atoms with Crippen molar-refractivity contribution < 1.29 is 0 Å². The molecule has 96 valence electrons. The predicted molar refractivity (Wildman–Crippen MR) is 73.9 cm³/mol. The molecule has 1 heterocycles. The fourth-order valence-electron chi connectivity index (χ4n) is 2.29. The monoisotopic (exact) mass is 283 g/mol. The van der Waals surface area contributed by atoms with E-state index in [4.69, 9.17) is 28.5 Å². The standard InChI is InChI=1S/C13H15Cl2N3/c14-11-3-1-2-10(13(11)15)12(4-5-16)18-8-6-17-7-9-18/h1-3,12,17H,4,6-9H2/t12-/m0/s1. The fraction of sp³-hybridized carbons (Fsp3) is 0.462. The highest BCUT2D eigenvalue weighted by Crippen LogP contribution is 2.34. The van der Waals surface area contributed by atoms with Gasteiger partial charge in [0.1, 0.15) is 0 Å². The molecule has 0 bridgehead atoms. The third-order valence-corrected chi connectivity index (χ3v) is 4.05. The molecule has 0 aromatic heterocycles. The lowest BCUT2D eigenvalue weighted by molar-refractivity contribution is 0.175. The number of halogens is 2. The van der Waals surface area contributed by atoms with Gasteiger partial charge in [0.15, 0.2) is 0 Å². The maximum Gasteiger partial charge on any atom is 0.0641 e. The highest BCUT2D eigenvalue weighted by Gasteiger charge is 2.24. The zero-order chi connectivity index (χ0) is 13.0. The first-order valence-electron chi connectivity index (χ1n) is 5.99. The van der Waals surface area contributed by atoms with Gasteiger partial charge in [0, 0.05) is 32.2 Å². The van der Waals surface area contributed by atoms with Crippen LogP contribution in [0.4, 0.5) is 0 Å². The molecule has 5 heteroatoms. The molecule has 1 fully saturated rings. The second kappa shape index (κ2) is 6.40. The van der Waals surface area contributed by atoms with E-state index in [1.54, 1.807) is 6.07 Å². The van der Waals surface area contributed by atoms with E-state index in [-0.39, 0.29) is 6.04 Å². The lowest BCUT2D eigenvalue weighted by Gasteiger charge is -2.34. The van der Waals surface area contributed by atoms with Crippen molar-refractivity contribution in [1.29, 1.82) is 5.26 Å². The number of nitriles is 1. The summed E-state index contributed by atoms with van der Waals surface area (Å²) in [4.78, 5) is 2.29. The van der Waals surface area contributed by atoms with E-state index >= 15 is 0 Å². The minimum absolute atomic E-state index is 0.0308. The molecule has 1 aromatic rings. The van der Waals surface area contributed by atoms with Crippen molar-refractivity contribution in [2.75, 3.05) is 26.2 Å². The molecule has 1 aliphatic rings. The van der Waals surface area contributed by atoms with Crippen LogP contribution in [0.15, 0.2) is 18.2 Å². The number of benzene rings is 1. The summed E-state index contributed by atoms with van der Waals surface area (Å²) in [6.07, 6.45) is 0.431. The van der Waals surface area contributed by atoms with Crippen LogP contribution < -0.4 is 5.32 Å². The summed E-state index contributed by atoms with van der Waals surface area (Å²) in [5, 5.41) is 13.4. The normalized spacial score (nSPS) is 18.3. The van der Waals surface area contributed by atoms with E-state index in [1.807, 2.05) is 12.1 Å². The van der Waals surface area contributed by atoms with E-state index in [0.717, 1.165) is 31.7 Å². The average Bonchev–Trinajstić information content (AvgIpc) is 2.41. The number of hydrogen-bond donors (Lipinski definition) is 1. The second-order valence-electron chi connectivity index (χ2n) is 4.31. The summed E-state index contributed by atoms with van der Waals surface area (Å²) in [6.45, 7) is 3.74. The van der Waals surface area contributed by atoms with Crippen molar-refractivity contribution in [2.24, 2.45) is 0 Å². The van der Waals surface area contributed by atoms with Crippen LogP contribution in [0.5, 0.6) is 0 Å². The van der Waals surface area contributed by atoms with Crippen LogP contribution in [0.3, 0.4) is 0 Å². The van der Waals surface area contributed by atoms with Crippen LogP contribution >= 0.6 is 23.2 Å². The molecule has 1 aromatic carbocycles. The van der Waals surface area contributed by atoms with E-state index < -0.39 is 0 Å². The molecule has 1 N–H and O–H groups in total. The summed E-state index contributed by atoms with van der Waals surface area (Å²) >= 11 is 12.3. The Kier molecular flexibility index (Phi) is 4.85. The molecule has 0 unspecified atom stereocenters. The van der Waals surface area contributed by atoms with Gasteiger partial charge < -0.3 is 5.32 Å². The zero-order valence-corrected chi connectivity index (χ0v) is 11.5. The summed E-state index contributed by atoms with van der Waals surface area (Å²) in [5.74, 6) is 0. The smallest absolute Gasteiger partial charge is 0.0641 e. The minimum atomic E-state index is 0.0308. The first kappa shape index (κ1) is 13.6. The number of nitrogens with zero attached hydrogens (tertiary/aromatic N) is 2.